The minimum atomic E-state index is 0.150. The van der Waals surface area contributed by atoms with E-state index in [-0.39, 0.29) is 5.91 Å². The highest BCUT2D eigenvalue weighted by Crippen LogP contribution is 2.17. The first-order chi connectivity index (χ1) is 7.33. The highest BCUT2D eigenvalue weighted by molar-refractivity contribution is 5.77. The molecular weight excluding hydrogens is 188 g/mol. The van der Waals surface area contributed by atoms with Crippen molar-refractivity contribution >= 4 is 5.91 Å². The van der Waals surface area contributed by atoms with Crippen LogP contribution in [0.5, 0.6) is 0 Å². The number of hydrogen-bond acceptors (Lipinski definition) is 2. The first kappa shape index (κ1) is 12.5. The summed E-state index contributed by atoms with van der Waals surface area (Å²) in [5.41, 5.74) is 0. The van der Waals surface area contributed by atoms with E-state index in [4.69, 9.17) is 0 Å². The van der Waals surface area contributed by atoms with Crippen LogP contribution in [0.1, 0.15) is 51.9 Å². The summed E-state index contributed by atoms with van der Waals surface area (Å²) in [5, 5.41) is 6.15. The molecule has 1 aliphatic rings. The van der Waals surface area contributed by atoms with Gasteiger partial charge in [-0.15, -0.1) is 0 Å². The van der Waals surface area contributed by atoms with Gasteiger partial charge in [0.25, 0.3) is 0 Å². The van der Waals surface area contributed by atoms with Crippen molar-refractivity contribution in [3.8, 4) is 0 Å². The highest BCUT2D eigenvalue weighted by atomic mass is 16.1. The Labute approximate surface area is 93.0 Å². The first-order valence-electron chi connectivity index (χ1n) is 6.33. The Balaban J connectivity index is 1.79. The molecule has 0 aromatic rings. The van der Waals surface area contributed by atoms with Crippen molar-refractivity contribution in [3.63, 3.8) is 0 Å². The molecule has 2 N–H and O–H groups in total. The normalized spacial score (nSPS) is 15.3. The summed E-state index contributed by atoms with van der Waals surface area (Å²) in [6.07, 6.45) is 8.73. The standard InChI is InChI=1S/C12H24N2O/c1-2-3-4-5-6-9-13-12(15)10-14-11-7-8-11/h11,14H,2-10H2,1H3,(H,13,15). The van der Waals surface area contributed by atoms with Crippen LogP contribution in [-0.2, 0) is 4.79 Å². The molecule has 0 aromatic carbocycles. The Morgan fingerprint density at radius 1 is 1.20 bits per heavy atom. The number of rotatable bonds is 9. The second-order valence-corrected chi connectivity index (χ2v) is 4.42. The smallest absolute Gasteiger partial charge is 0.233 e. The predicted octanol–water partition coefficient (Wildman–Crippen LogP) is 1.82. The van der Waals surface area contributed by atoms with Crippen molar-refractivity contribution in [3.05, 3.63) is 0 Å². The zero-order valence-corrected chi connectivity index (χ0v) is 9.85. The van der Waals surface area contributed by atoms with Gasteiger partial charge in [-0.1, -0.05) is 32.6 Å². The topological polar surface area (TPSA) is 41.1 Å². The summed E-state index contributed by atoms with van der Waals surface area (Å²) < 4.78 is 0. The van der Waals surface area contributed by atoms with Gasteiger partial charge in [-0.05, 0) is 19.3 Å². The molecule has 1 aliphatic carbocycles. The van der Waals surface area contributed by atoms with E-state index in [1.165, 1.54) is 38.5 Å². The maximum Gasteiger partial charge on any atom is 0.233 e. The molecule has 0 aromatic heterocycles. The third kappa shape index (κ3) is 7.37. The van der Waals surface area contributed by atoms with Crippen molar-refractivity contribution in [2.24, 2.45) is 0 Å². The van der Waals surface area contributed by atoms with Crippen LogP contribution >= 0.6 is 0 Å². The molecular formula is C12H24N2O. The number of amides is 1. The summed E-state index contributed by atoms with van der Waals surface area (Å²) in [7, 11) is 0. The van der Waals surface area contributed by atoms with E-state index in [9.17, 15) is 4.79 Å². The van der Waals surface area contributed by atoms with Crippen molar-refractivity contribution in [2.45, 2.75) is 57.9 Å². The van der Waals surface area contributed by atoms with Crippen LogP contribution in [-0.4, -0.2) is 25.0 Å². The van der Waals surface area contributed by atoms with Crippen LogP contribution in [0.2, 0.25) is 0 Å². The second-order valence-electron chi connectivity index (χ2n) is 4.42. The first-order valence-corrected chi connectivity index (χ1v) is 6.33. The van der Waals surface area contributed by atoms with Gasteiger partial charge in [-0.2, -0.15) is 0 Å². The summed E-state index contributed by atoms with van der Waals surface area (Å²) >= 11 is 0. The van der Waals surface area contributed by atoms with Gasteiger partial charge < -0.3 is 10.6 Å². The molecule has 0 atom stereocenters. The number of carbonyl (C=O) groups excluding carboxylic acids is 1. The largest absolute Gasteiger partial charge is 0.355 e. The molecule has 15 heavy (non-hydrogen) atoms. The third-order valence-corrected chi connectivity index (χ3v) is 2.73. The van der Waals surface area contributed by atoms with Crippen molar-refractivity contribution in [1.29, 1.82) is 0 Å². The van der Waals surface area contributed by atoms with Crippen LogP contribution in [0.4, 0.5) is 0 Å². The highest BCUT2D eigenvalue weighted by Gasteiger charge is 2.20. The molecule has 1 saturated carbocycles. The summed E-state index contributed by atoms with van der Waals surface area (Å²) in [6.45, 7) is 3.56. The van der Waals surface area contributed by atoms with Gasteiger partial charge in [0.15, 0.2) is 0 Å². The molecule has 1 fully saturated rings. The van der Waals surface area contributed by atoms with Gasteiger partial charge in [0.05, 0.1) is 6.54 Å². The fourth-order valence-corrected chi connectivity index (χ4v) is 1.54. The third-order valence-electron chi connectivity index (χ3n) is 2.73. The van der Waals surface area contributed by atoms with E-state index in [2.05, 4.69) is 17.6 Å². The molecule has 0 saturated heterocycles. The van der Waals surface area contributed by atoms with Gasteiger partial charge in [0, 0.05) is 12.6 Å². The van der Waals surface area contributed by atoms with E-state index in [1.807, 2.05) is 0 Å². The minimum Gasteiger partial charge on any atom is -0.355 e. The van der Waals surface area contributed by atoms with Crippen LogP contribution < -0.4 is 10.6 Å². The number of unbranched alkanes of at least 4 members (excludes halogenated alkanes) is 4. The predicted molar refractivity (Wildman–Crippen MR) is 62.8 cm³/mol. The molecule has 0 aliphatic heterocycles. The maximum atomic E-state index is 11.3. The molecule has 0 bridgehead atoms. The van der Waals surface area contributed by atoms with E-state index in [0.717, 1.165) is 13.0 Å². The van der Waals surface area contributed by atoms with Gasteiger partial charge in [-0.25, -0.2) is 0 Å². The lowest BCUT2D eigenvalue weighted by Crippen LogP contribution is -2.35. The van der Waals surface area contributed by atoms with Crippen molar-refractivity contribution < 1.29 is 4.79 Å². The van der Waals surface area contributed by atoms with Crippen LogP contribution in [0.25, 0.3) is 0 Å². The zero-order chi connectivity index (χ0) is 10.9. The molecule has 0 heterocycles. The number of nitrogens with one attached hydrogen (secondary N) is 2. The van der Waals surface area contributed by atoms with Crippen molar-refractivity contribution in [2.75, 3.05) is 13.1 Å². The van der Waals surface area contributed by atoms with E-state index < -0.39 is 0 Å². The average molecular weight is 212 g/mol. The molecule has 3 heteroatoms. The lowest BCUT2D eigenvalue weighted by molar-refractivity contribution is -0.120. The Morgan fingerprint density at radius 2 is 1.93 bits per heavy atom. The van der Waals surface area contributed by atoms with Gasteiger partial charge in [0.1, 0.15) is 0 Å². The molecule has 0 radical (unpaired) electrons. The summed E-state index contributed by atoms with van der Waals surface area (Å²) in [5.74, 6) is 0.150. The molecule has 88 valence electrons. The van der Waals surface area contributed by atoms with Gasteiger partial charge in [-0.3, -0.25) is 4.79 Å². The van der Waals surface area contributed by atoms with Crippen molar-refractivity contribution in [1.82, 2.24) is 10.6 Å². The van der Waals surface area contributed by atoms with E-state index >= 15 is 0 Å². The molecule has 0 unspecified atom stereocenters. The fourth-order valence-electron chi connectivity index (χ4n) is 1.54. The minimum absolute atomic E-state index is 0.150. The lowest BCUT2D eigenvalue weighted by atomic mass is 10.1. The van der Waals surface area contributed by atoms with Gasteiger partial charge in [0.2, 0.25) is 5.91 Å². The quantitative estimate of drug-likeness (QED) is 0.572. The number of carbonyl (C=O) groups is 1. The van der Waals surface area contributed by atoms with Crippen LogP contribution in [0.15, 0.2) is 0 Å². The Bertz CT molecular complexity index is 178. The molecule has 1 rings (SSSR count). The monoisotopic (exact) mass is 212 g/mol. The average Bonchev–Trinajstić information content (AvgIpc) is 3.04. The Hall–Kier alpha value is -0.570. The molecule has 0 spiro atoms. The number of hydrogen-bond donors (Lipinski definition) is 2. The van der Waals surface area contributed by atoms with Crippen LogP contribution in [0, 0.1) is 0 Å². The van der Waals surface area contributed by atoms with E-state index in [1.54, 1.807) is 0 Å². The molecule has 3 nitrogen and oxygen atoms in total. The Morgan fingerprint density at radius 3 is 2.60 bits per heavy atom. The summed E-state index contributed by atoms with van der Waals surface area (Å²) in [4.78, 5) is 11.3. The SMILES string of the molecule is CCCCCCCNC(=O)CNC1CC1. The van der Waals surface area contributed by atoms with Gasteiger partial charge >= 0.3 is 0 Å². The molecule has 1 amide bonds. The van der Waals surface area contributed by atoms with Crippen LogP contribution in [0.3, 0.4) is 0 Å². The van der Waals surface area contributed by atoms with E-state index in [0.29, 0.717) is 12.6 Å². The second kappa shape index (κ2) is 7.69. The zero-order valence-electron chi connectivity index (χ0n) is 9.85. The fraction of sp³-hybridized carbons (Fsp3) is 0.917. The summed E-state index contributed by atoms with van der Waals surface area (Å²) in [6, 6.07) is 0.625. The lowest BCUT2D eigenvalue weighted by Gasteiger charge is -2.05. The maximum absolute atomic E-state index is 11.3. The Kier molecular flexibility index (Phi) is 6.41.